The zero-order chi connectivity index (χ0) is 20.7. The molecular formula is C21H22N4O4S. The van der Waals surface area contributed by atoms with Crippen molar-refractivity contribution in [3.05, 3.63) is 41.4 Å². The van der Waals surface area contributed by atoms with E-state index < -0.39 is 11.5 Å². The lowest BCUT2D eigenvalue weighted by molar-refractivity contribution is -0.148. The molecule has 9 heteroatoms. The molecule has 5 rings (SSSR count). The third kappa shape index (κ3) is 3.23. The van der Waals surface area contributed by atoms with Gasteiger partial charge in [-0.15, -0.1) is 11.3 Å². The minimum absolute atomic E-state index is 0.139. The Balaban J connectivity index is 1.32. The fourth-order valence-electron chi connectivity index (χ4n) is 4.18. The fraction of sp³-hybridized carbons (Fsp3) is 0.381. The van der Waals surface area contributed by atoms with Gasteiger partial charge in [0.1, 0.15) is 10.4 Å². The molecular weight excluding hydrogens is 404 g/mol. The van der Waals surface area contributed by atoms with Gasteiger partial charge in [-0.3, -0.25) is 10.1 Å². The Labute approximate surface area is 177 Å². The topological polar surface area (TPSA) is 96.8 Å². The minimum Gasteiger partial charge on any atom is -0.480 e. The van der Waals surface area contributed by atoms with Crippen LogP contribution in [0, 0.1) is 5.92 Å². The zero-order valence-corrected chi connectivity index (χ0v) is 17.3. The van der Waals surface area contributed by atoms with Gasteiger partial charge in [0.2, 0.25) is 12.7 Å². The average Bonchev–Trinajstić information content (AvgIpc) is 3.40. The molecule has 4 heterocycles. The molecule has 8 nitrogen and oxygen atoms in total. The molecule has 1 aromatic carbocycles. The third-order valence-electron chi connectivity index (χ3n) is 6.02. The monoisotopic (exact) mass is 426 g/mol. The van der Waals surface area contributed by atoms with E-state index in [0.29, 0.717) is 37.8 Å². The van der Waals surface area contributed by atoms with Crippen molar-refractivity contribution in [3.63, 3.8) is 0 Å². The van der Waals surface area contributed by atoms with Gasteiger partial charge in [0.25, 0.3) is 0 Å². The van der Waals surface area contributed by atoms with Crippen LogP contribution in [0.5, 0.6) is 11.5 Å². The number of fused-ring (bicyclic) bond motifs is 2. The first-order valence-electron chi connectivity index (χ1n) is 9.87. The lowest BCUT2D eigenvalue weighted by Crippen LogP contribution is -2.63. The van der Waals surface area contributed by atoms with E-state index in [-0.39, 0.29) is 12.7 Å². The highest BCUT2D eigenvalue weighted by Gasteiger charge is 2.47. The Kier molecular flexibility index (Phi) is 4.71. The number of benzene rings is 1. The number of carbonyl (C=O) groups is 1. The molecule has 2 atom stereocenters. The molecule has 0 saturated carbocycles. The molecule has 0 aliphatic carbocycles. The fourth-order valence-corrected chi connectivity index (χ4v) is 4.92. The maximum atomic E-state index is 12.3. The van der Waals surface area contributed by atoms with E-state index in [1.54, 1.807) is 11.3 Å². The Morgan fingerprint density at radius 3 is 3.07 bits per heavy atom. The van der Waals surface area contributed by atoms with Crippen molar-refractivity contribution >= 4 is 33.5 Å². The summed E-state index contributed by atoms with van der Waals surface area (Å²) >= 11 is 1.58. The summed E-state index contributed by atoms with van der Waals surface area (Å²) in [6.45, 7) is 3.76. The van der Waals surface area contributed by atoms with E-state index in [9.17, 15) is 9.90 Å². The van der Waals surface area contributed by atoms with Gasteiger partial charge in [-0.2, -0.15) is 0 Å². The van der Waals surface area contributed by atoms with Gasteiger partial charge in [0.15, 0.2) is 11.5 Å². The summed E-state index contributed by atoms with van der Waals surface area (Å²) in [6.07, 6.45) is 2.29. The Hall–Kier alpha value is -2.91. The van der Waals surface area contributed by atoms with Crippen LogP contribution in [0.2, 0.25) is 0 Å². The molecule has 1 fully saturated rings. The maximum Gasteiger partial charge on any atom is 0.324 e. The van der Waals surface area contributed by atoms with Gasteiger partial charge in [0.05, 0.1) is 0 Å². The van der Waals surface area contributed by atoms with Crippen LogP contribution < -0.4 is 19.7 Å². The number of thiophene rings is 1. The summed E-state index contributed by atoms with van der Waals surface area (Å²) in [5.41, 5.74) is -0.0547. The van der Waals surface area contributed by atoms with E-state index in [0.717, 1.165) is 21.5 Å². The first-order chi connectivity index (χ1) is 14.5. The van der Waals surface area contributed by atoms with E-state index in [2.05, 4.69) is 20.2 Å². The second-order valence-electron chi connectivity index (χ2n) is 7.77. The number of ether oxygens (including phenoxy) is 2. The van der Waals surface area contributed by atoms with Crippen LogP contribution in [0.1, 0.15) is 18.9 Å². The highest BCUT2D eigenvalue weighted by atomic mass is 32.1. The summed E-state index contributed by atoms with van der Waals surface area (Å²) in [4.78, 5) is 24.5. The minimum atomic E-state index is -1.01. The van der Waals surface area contributed by atoms with Crippen LogP contribution in [-0.4, -0.2) is 46.5 Å². The largest absolute Gasteiger partial charge is 0.480 e. The summed E-state index contributed by atoms with van der Waals surface area (Å²) in [5, 5.41) is 16.5. The summed E-state index contributed by atoms with van der Waals surface area (Å²) in [7, 11) is 0. The molecule has 30 heavy (non-hydrogen) atoms. The van der Waals surface area contributed by atoms with Crippen molar-refractivity contribution < 1.29 is 19.4 Å². The number of carboxylic acid groups (broad SMARTS) is 1. The predicted molar refractivity (Wildman–Crippen MR) is 113 cm³/mol. The molecule has 0 radical (unpaired) electrons. The molecule has 0 bridgehead atoms. The third-order valence-corrected chi connectivity index (χ3v) is 6.84. The standard InChI is InChI=1S/C21H22N4O4S/c1-13-11-25(20-22-10-15-4-7-30-18(15)24-20)6-5-21(13,19(26)27)23-9-14-2-3-16-17(8-14)29-12-28-16/h2-4,7-8,10,13,23H,5-6,9,11-12H2,1H3,(H,26,27). The highest BCUT2D eigenvalue weighted by molar-refractivity contribution is 7.16. The van der Waals surface area contributed by atoms with Gasteiger partial charge in [-0.1, -0.05) is 13.0 Å². The number of anilines is 1. The van der Waals surface area contributed by atoms with E-state index in [1.807, 2.05) is 42.8 Å². The van der Waals surface area contributed by atoms with Gasteiger partial charge in [0, 0.05) is 37.1 Å². The van der Waals surface area contributed by atoms with Gasteiger partial charge >= 0.3 is 5.97 Å². The number of hydrogen-bond acceptors (Lipinski definition) is 8. The number of nitrogens with zero attached hydrogens (tertiary/aromatic N) is 3. The first-order valence-corrected chi connectivity index (χ1v) is 10.8. The van der Waals surface area contributed by atoms with E-state index >= 15 is 0 Å². The van der Waals surface area contributed by atoms with Crippen LogP contribution in [0.4, 0.5) is 5.95 Å². The van der Waals surface area contributed by atoms with Crippen LogP contribution in [0.3, 0.4) is 0 Å². The lowest BCUT2D eigenvalue weighted by Gasteiger charge is -2.44. The number of rotatable bonds is 5. The normalized spacial score (nSPS) is 23.1. The SMILES string of the molecule is CC1CN(c2ncc3ccsc3n2)CCC1(NCc1ccc2c(c1)OCO2)C(=O)O. The van der Waals surface area contributed by atoms with Crippen molar-refractivity contribution in [1.29, 1.82) is 0 Å². The van der Waals surface area contributed by atoms with Gasteiger partial charge in [-0.25, -0.2) is 9.97 Å². The summed E-state index contributed by atoms with van der Waals surface area (Å²) < 4.78 is 10.8. The average molecular weight is 426 g/mol. The van der Waals surface area contributed by atoms with Crippen molar-refractivity contribution in [2.24, 2.45) is 5.92 Å². The van der Waals surface area contributed by atoms with Gasteiger partial charge in [-0.05, 0) is 35.6 Å². The molecule has 2 aromatic heterocycles. The highest BCUT2D eigenvalue weighted by Crippen LogP contribution is 2.34. The molecule has 2 unspecified atom stereocenters. The maximum absolute atomic E-state index is 12.3. The molecule has 3 aromatic rings. The first kappa shape index (κ1) is 19.1. The van der Waals surface area contributed by atoms with Crippen LogP contribution in [0.25, 0.3) is 10.2 Å². The smallest absolute Gasteiger partial charge is 0.324 e. The second kappa shape index (κ2) is 7.41. The van der Waals surface area contributed by atoms with E-state index in [4.69, 9.17) is 9.47 Å². The quantitative estimate of drug-likeness (QED) is 0.643. The number of carboxylic acids is 1. The predicted octanol–water partition coefficient (Wildman–Crippen LogP) is 2.88. The van der Waals surface area contributed by atoms with Crippen molar-refractivity contribution in [3.8, 4) is 11.5 Å². The number of aliphatic carboxylic acids is 1. The van der Waals surface area contributed by atoms with Crippen LogP contribution in [-0.2, 0) is 11.3 Å². The molecule has 2 N–H and O–H groups in total. The molecule has 2 aliphatic rings. The summed E-state index contributed by atoms with van der Waals surface area (Å²) in [6, 6.07) is 7.68. The number of aromatic nitrogens is 2. The van der Waals surface area contributed by atoms with Crippen molar-refractivity contribution in [1.82, 2.24) is 15.3 Å². The van der Waals surface area contributed by atoms with Gasteiger partial charge < -0.3 is 19.5 Å². The molecule has 2 aliphatic heterocycles. The number of nitrogens with one attached hydrogen (secondary N) is 1. The Morgan fingerprint density at radius 1 is 1.37 bits per heavy atom. The van der Waals surface area contributed by atoms with Crippen molar-refractivity contribution in [2.45, 2.75) is 25.4 Å². The zero-order valence-electron chi connectivity index (χ0n) is 16.5. The molecule has 0 spiro atoms. The molecule has 1 saturated heterocycles. The lowest BCUT2D eigenvalue weighted by atomic mass is 9.78. The molecule has 0 amide bonds. The van der Waals surface area contributed by atoms with Crippen molar-refractivity contribution in [2.75, 3.05) is 24.8 Å². The van der Waals surface area contributed by atoms with E-state index in [1.165, 1.54) is 0 Å². The number of hydrogen-bond donors (Lipinski definition) is 2. The van der Waals surface area contributed by atoms with Crippen LogP contribution in [0.15, 0.2) is 35.8 Å². The van der Waals surface area contributed by atoms with Crippen LogP contribution >= 0.6 is 11.3 Å². The number of piperidine rings is 1. The Bertz CT molecular complexity index is 1100. The summed E-state index contributed by atoms with van der Waals surface area (Å²) in [5.74, 6) is 1.11. The second-order valence-corrected chi connectivity index (χ2v) is 8.66. The Morgan fingerprint density at radius 2 is 2.23 bits per heavy atom. The molecule has 156 valence electrons.